The fraction of sp³-hybridized carbons (Fsp3) is 0.409. The standard InChI is InChI=1S/C22H28N4O2/c1-16(27)15-28-21-6-2-4-17(10-21)13-26-9-3-5-20(14-26)24-19-7-8-22-18(11-19)12-23-25-22/h2,4,6-8,10-12,16,20,24,27H,3,5,9,13-15H2,1H3,(H,23,25)/t16-,20+/m1/s1. The van der Waals surface area contributed by atoms with Crippen LogP contribution < -0.4 is 10.1 Å². The van der Waals surface area contributed by atoms with Gasteiger partial charge in [-0.15, -0.1) is 0 Å². The van der Waals surface area contributed by atoms with Crippen LogP contribution in [0, 0.1) is 0 Å². The number of rotatable bonds is 7. The molecule has 1 fully saturated rings. The third-order valence-corrected chi connectivity index (χ3v) is 5.11. The van der Waals surface area contributed by atoms with E-state index in [1.54, 1.807) is 6.92 Å². The molecule has 0 spiro atoms. The lowest BCUT2D eigenvalue weighted by Gasteiger charge is -2.33. The van der Waals surface area contributed by atoms with E-state index in [9.17, 15) is 5.11 Å². The van der Waals surface area contributed by atoms with Crippen molar-refractivity contribution in [2.45, 2.75) is 38.5 Å². The van der Waals surface area contributed by atoms with Gasteiger partial charge in [-0.05, 0) is 62.2 Å². The van der Waals surface area contributed by atoms with E-state index in [1.807, 2.05) is 18.3 Å². The summed E-state index contributed by atoms with van der Waals surface area (Å²) in [6.07, 6.45) is 3.76. The summed E-state index contributed by atoms with van der Waals surface area (Å²) in [7, 11) is 0. The number of ether oxygens (including phenoxy) is 1. The first-order valence-corrected chi connectivity index (χ1v) is 9.97. The molecule has 6 heteroatoms. The molecule has 0 aliphatic carbocycles. The molecule has 3 aromatic rings. The van der Waals surface area contributed by atoms with E-state index in [0.29, 0.717) is 12.6 Å². The van der Waals surface area contributed by atoms with Crippen LogP contribution in [0.5, 0.6) is 5.75 Å². The summed E-state index contributed by atoms with van der Waals surface area (Å²) in [5.41, 5.74) is 3.45. The lowest BCUT2D eigenvalue weighted by atomic mass is 10.0. The molecular formula is C22H28N4O2. The Morgan fingerprint density at radius 2 is 2.25 bits per heavy atom. The molecule has 3 N–H and O–H groups in total. The molecule has 2 aromatic carbocycles. The zero-order valence-electron chi connectivity index (χ0n) is 16.3. The van der Waals surface area contributed by atoms with Gasteiger partial charge in [-0.1, -0.05) is 12.1 Å². The van der Waals surface area contributed by atoms with Gasteiger partial charge in [0.25, 0.3) is 0 Å². The molecule has 1 saturated heterocycles. The Bertz CT molecular complexity index is 908. The van der Waals surface area contributed by atoms with Gasteiger partial charge in [0.2, 0.25) is 0 Å². The van der Waals surface area contributed by atoms with Gasteiger partial charge in [0.1, 0.15) is 12.4 Å². The Morgan fingerprint density at radius 1 is 1.32 bits per heavy atom. The second-order valence-electron chi connectivity index (χ2n) is 7.70. The van der Waals surface area contributed by atoms with Crippen LogP contribution in [-0.4, -0.2) is 52.0 Å². The van der Waals surface area contributed by atoms with Crippen LogP contribution >= 0.6 is 0 Å². The minimum Gasteiger partial charge on any atom is -0.491 e. The maximum absolute atomic E-state index is 9.40. The van der Waals surface area contributed by atoms with E-state index in [-0.39, 0.29) is 0 Å². The zero-order chi connectivity index (χ0) is 19.3. The van der Waals surface area contributed by atoms with Crippen molar-refractivity contribution in [2.24, 2.45) is 0 Å². The van der Waals surface area contributed by atoms with Crippen molar-refractivity contribution in [3.8, 4) is 5.75 Å². The third-order valence-electron chi connectivity index (χ3n) is 5.11. The van der Waals surface area contributed by atoms with Crippen LogP contribution in [0.4, 0.5) is 5.69 Å². The first kappa shape index (κ1) is 18.8. The average molecular weight is 380 g/mol. The lowest BCUT2D eigenvalue weighted by Crippen LogP contribution is -2.41. The molecule has 148 valence electrons. The number of aromatic nitrogens is 2. The van der Waals surface area contributed by atoms with Gasteiger partial charge in [0, 0.05) is 30.2 Å². The number of aromatic amines is 1. The highest BCUT2D eigenvalue weighted by atomic mass is 16.5. The van der Waals surface area contributed by atoms with E-state index >= 15 is 0 Å². The second-order valence-corrected chi connectivity index (χ2v) is 7.70. The van der Waals surface area contributed by atoms with E-state index in [1.165, 1.54) is 18.4 Å². The molecule has 28 heavy (non-hydrogen) atoms. The highest BCUT2D eigenvalue weighted by Crippen LogP contribution is 2.22. The van der Waals surface area contributed by atoms with Crippen molar-refractivity contribution in [1.29, 1.82) is 0 Å². The quantitative estimate of drug-likeness (QED) is 0.586. The molecule has 6 nitrogen and oxygen atoms in total. The van der Waals surface area contributed by atoms with Gasteiger partial charge in [-0.3, -0.25) is 10.00 Å². The minimum absolute atomic E-state index is 0.320. The van der Waals surface area contributed by atoms with Gasteiger partial charge in [-0.25, -0.2) is 0 Å². The van der Waals surface area contributed by atoms with Crippen molar-refractivity contribution >= 4 is 16.6 Å². The lowest BCUT2D eigenvalue weighted by molar-refractivity contribution is 0.122. The Hall–Kier alpha value is -2.57. The molecular weight excluding hydrogens is 352 g/mol. The molecule has 1 aliphatic rings. The average Bonchev–Trinajstić information content (AvgIpc) is 3.15. The summed E-state index contributed by atoms with van der Waals surface area (Å²) < 4.78 is 5.64. The predicted octanol–water partition coefficient (Wildman–Crippen LogP) is 3.40. The van der Waals surface area contributed by atoms with Crippen LogP contribution in [0.15, 0.2) is 48.7 Å². The molecule has 4 rings (SSSR count). The number of aliphatic hydroxyl groups excluding tert-OH is 1. The number of nitrogens with one attached hydrogen (secondary N) is 2. The molecule has 0 amide bonds. The molecule has 0 radical (unpaired) electrons. The van der Waals surface area contributed by atoms with Crippen molar-refractivity contribution in [3.63, 3.8) is 0 Å². The van der Waals surface area contributed by atoms with Crippen molar-refractivity contribution in [1.82, 2.24) is 15.1 Å². The second kappa shape index (κ2) is 8.63. The van der Waals surface area contributed by atoms with Gasteiger partial charge in [-0.2, -0.15) is 5.10 Å². The van der Waals surface area contributed by atoms with Crippen LogP contribution in [0.1, 0.15) is 25.3 Å². The van der Waals surface area contributed by atoms with E-state index in [2.05, 4.69) is 50.7 Å². The number of H-pyrrole nitrogens is 1. The van der Waals surface area contributed by atoms with Crippen molar-refractivity contribution in [2.75, 3.05) is 25.0 Å². The van der Waals surface area contributed by atoms with Crippen molar-refractivity contribution in [3.05, 3.63) is 54.2 Å². The van der Waals surface area contributed by atoms with Crippen molar-refractivity contribution < 1.29 is 9.84 Å². The Balaban J connectivity index is 1.35. The van der Waals surface area contributed by atoms with Gasteiger partial charge >= 0.3 is 0 Å². The van der Waals surface area contributed by atoms with Crippen LogP contribution in [0.3, 0.4) is 0 Å². The number of hydrogen-bond acceptors (Lipinski definition) is 5. The molecule has 0 unspecified atom stereocenters. The molecule has 2 atom stereocenters. The number of benzene rings is 2. The fourth-order valence-electron chi connectivity index (χ4n) is 3.79. The number of piperidine rings is 1. The van der Waals surface area contributed by atoms with Crippen LogP contribution in [-0.2, 0) is 6.54 Å². The SMILES string of the molecule is C[C@@H](O)COc1cccc(CN2CCC[C@H](Nc3ccc4[nH]ncc4c3)C2)c1. The van der Waals surface area contributed by atoms with E-state index in [4.69, 9.17) is 4.74 Å². The van der Waals surface area contributed by atoms with Gasteiger partial charge < -0.3 is 15.2 Å². The summed E-state index contributed by atoms with van der Waals surface area (Å²) in [6.45, 7) is 5.08. The number of aliphatic hydroxyl groups is 1. The fourth-order valence-corrected chi connectivity index (χ4v) is 3.79. The highest BCUT2D eigenvalue weighted by Gasteiger charge is 2.20. The highest BCUT2D eigenvalue weighted by molar-refractivity contribution is 5.81. The number of nitrogens with zero attached hydrogens (tertiary/aromatic N) is 2. The maximum Gasteiger partial charge on any atom is 0.119 e. The normalized spacial score (nSPS) is 18.9. The summed E-state index contributed by atoms with van der Waals surface area (Å²) >= 11 is 0. The molecule has 0 bridgehead atoms. The first-order chi connectivity index (χ1) is 13.7. The van der Waals surface area contributed by atoms with Gasteiger partial charge in [0.05, 0.1) is 17.8 Å². The maximum atomic E-state index is 9.40. The smallest absolute Gasteiger partial charge is 0.119 e. The van der Waals surface area contributed by atoms with E-state index < -0.39 is 6.10 Å². The summed E-state index contributed by atoms with van der Waals surface area (Å²) in [5, 5.41) is 21.3. The number of fused-ring (bicyclic) bond motifs is 1. The Kier molecular flexibility index (Phi) is 5.78. The molecule has 0 saturated carbocycles. The number of anilines is 1. The zero-order valence-corrected chi connectivity index (χ0v) is 16.3. The predicted molar refractivity (Wildman–Crippen MR) is 112 cm³/mol. The summed E-state index contributed by atoms with van der Waals surface area (Å²) in [5.74, 6) is 0.818. The molecule has 2 heterocycles. The Morgan fingerprint density at radius 3 is 3.14 bits per heavy atom. The van der Waals surface area contributed by atoms with Crippen LogP contribution in [0.2, 0.25) is 0 Å². The number of likely N-dealkylation sites (tertiary alicyclic amines) is 1. The Labute approximate surface area is 165 Å². The van der Waals surface area contributed by atoms with Crippen LogP contribution in [0.25, 0.3) is 10.9 Å². The minimum atomic E-state index is -0.459. The summed E-state index contributed by atoms with van der Waals surface area (Å²) in [4.78, 5) is 2.49. The summed E-state index contributed by atoms with van der Waals surface area (Å²) in [6, 6.07) is 15.0. The molecule has 1 aliphatic heterocycles. The number of hydrogen-bond donors (Lipinski definition) is 3. The molecule has 1 aromatic heterocycles. The largest absolute Gasteiger partial charge is 0.491 e. The van der Waals surface area contributed by atoms with E-state index in [0.717, 1.165) is 42.0 Å². The first-order valence-electron chi connectivity index (χ1n) is 9.97. The topological polar surface area (TPSA) is 73.4 Å². The third kappa shape index (κ3) is 4.82. The van der Waals surface area contributed by atoms with Gasteiger partial charge in [0.15, 0.2) is 0 Å². The monoisotopic (exact) mass is 380 g/mol.